The van der Waals surface area contributed by atoms with Crippen LogP contribution >= 0.6 is 11.6 Å². The second-order valence-electron chi connectivity index (χ2n) is 5.78. The predicted molar refractivity (Wildman–Crippen MR) is 92.2 cm³/mol. The molecule has 1 amide bonds. The van der Waals surface area contributed by atoms with Gasteiger partial charge in [-0.2, -0.15) is 0 Å². The average Bonchev–Trinajstić information content (AvgIpc) is 2.85. The SMILES string of the molecule is COCCOCC(=O)NC[C@@H]1CNCCO[C@H]1c1ccc(Cl)c(F)c1. The molecule has 2 rings (SSSR count). The zero-order valence-corrected chi connectivity index (χ0v) is 15.0. The third kappa shape index (κ3) is 6.52. The summed E-state index contributed by atoms with van der Waals surface area (Å²) < 4.78 is 29.7. The van der Waals surface area contributed by atoms with Gasteiger partial charge in [-0.3, -0.25) is 4.79 Å². The van der Waals surface area contributed by atoms with Crippen LogP contribution in [-0.2, 0) is 19.0 Å². The fraction of sp³-hybridized carbons (Fsp3) is 0.588. The Morgan fingerprint density at radius 3 is 3.08 bits per heavy atom. The standard InChI is InChI=1S/C17H24ClFN2O4/c1-23-6-7-24-11-16(22)21-10-13-9-20-4-5-25-17(13)12-2-3-14(18)15(19)8-12/h2-3,8,13,17,20H,4-7,9-11H2,1H3,(H,21,22)/t13-,17-/m0/s1. The molecule has 0 saturated carbocycles. The maximum absolute atomic E-state index is 13.8. The third-order valence-corrected chi connectivity index (χ3v) is 4.22. The van der Waals surface area contributed by atoms with Gasteiger partial charge in [-0.05, 0) is 17.7 Å². The lowest BCUT2D eigenvalue weighted by Gasteiger charge is -2.25. The second-order valence-corrected chi connectivity index (χ2v) is 6.19. The lowest BCUT2D eigenvalue weighted by molar-refractivity contribution is -0.126. The molecule has 25 heavy (non-hydrogen) atoms. The van der Waals surface area contributed by atoms with E-state index in [0.717, 1.165) is 0 Å². The summed E-state index contributed by atoms with van der Waals surface area (Å²) in [7, 11) is 1.57. The van der Waals surface area contributed by atoms with Crippen molar-refractivity contribution < 1.29 is 23.4 Å². The summed E-state index contributed by atoms with van der Waals surface area (Å²) in [6, 6.07) is 4.66. The predicted octanol–water partition coefficient (Wildman–Crippen LogP) is 1.54. The van der Waals surface area contributed by atoms with E-state index in [4.69, 9.17) is 25.8 Å². The van der Waals surface area contributed by atoms with E-state index in [2.05, 4.69) is 10.6 Å². The molecule has 0 unspecified atom stereocenters. The Morgan fingerprint density at radius 2 is 2.32 bits per heavy atom. The molecule has 1 heterocycles. The Kier molecular flexibility index (Phi) is 8.57. The number of nitrogens with one attached hydrogen (secondary N) is 2. The summed E-state index contributed by atoms with van der Waals surface area (Å²) in [4.78, 5) is 11.9. The highest BCUT2D eigenvalue weighted by atomic mass is 35.5. The summed E-state index contributed by atoms with van der Waals surface area (Å²) in [6.07, 6.45) is -0.323. The van der Waals surface area contributed by atoms with Gasteiger partial charge in [0, 0.05) is 32.7 Å². The van der Waals surface area contributed by atoms with Gasteiger partial charge in [0.1, 0.15) is 12.4 Å². The van der Waals surface area contributed by atoms with Crippen molar-refractivity contribution in [3.8, 4) is 0 Å². The van der Waals surface area contributed by atoms with Crippen LogP contribution < -0.4 is 10.6 Å². The number of carbonyl (C=O) groups is 1. The second kappa shape index (κ2) is 10.7. The molecule has 140 valence electrons. The summed E-state index contributed by atoms with van der Waals surface area (Å²) in [5.74, 6) is -0.721. The van der Waals surface area contributed by atoms with E-state index in [-0.39, 0.29) is 29.6 Å². The number of hydrogen-bond donors (Lipinski definition) is 2. The third-order valence-electron chi connectivity index (χ3n) is 3.91. The molecular weight excluding hydrogens is 351 g/mol. The Hall–Kier alpha value is -1.25. The average molecular weight is 375 g/mol. The van der Waals surface area contributed by atoms with Crippen LogP contribution in [0.15, 0.2) is 18.2 Å². The topological polar surface area (TPSA) is 68.8 Å². The van der Waals surface area contributed by atoms with Gasteiger partial charge in [0.15, 0.2) is 0 Å². The molecule has 2 N–H and O–H groups in total. The number of rotatable bonds is 8. The molecule has 1 saturated heterocycles. The van der Waals surface area contributed by atoms with Crippen molar-refractivity contribution in [3.63, 3.8) is 0 Å². The Morgan fingerprint density at radius 1 is 1.48 bits per heavy atom. The first-order valence-corrected chi connectivity index (χ1v) is 8.60. The number of benzene rings is 1. The Balaban J connectivity index is 1.93. The van der Waals surface area contributed by atoms with E-state index in [1.165, 1.54) is 12.1 Å². The molecule has 0 spiro atoms. The maximum atomic E-state index is 13.8. The fourth-order valence-electron chi connectivity index (χ4n) is 2.63. The zero-order chi connectivity index (χ0) is 18.1. The van der Waals surface area contributed by atoms with Crippen molar-refractivity contribution in [2.75, 3.05) is 53.2 Å². The zero-order valence-electron chi connectivity index (χ0n) is 14.2. The van der Waals surface area contributed by atoms with Crippen molar-refractivity contribution in [2.45, 2.75) is 6.10 Å². The van der Waals surface area contributed by atoms with Gasteiger partial charge in [-0.15, -0.1) is 0 Å². The minimum absolute atomic E-state index is 0.0232. The quantitative estimate of drug-likeness (QED) is 0.675. The molecule has 1 aromatic carbocycles. The van der Waals surface area contributed by atoms with Crippen LogP contribution in [0.4, 0.5) is 4.39 Å². The van der Waals surface area contributed by atoms with Gasteiger partial charge in [-0.1, -0.05) is 17.7 Å². The summed E-state index contributed by atoms with van der Waals surface area (Å²) in [5.41, 5.74) is 0.709. The van der Waals surface area contributed by atoms with E-state index >= 15 is 0 Å². The first kappa shape index (κ1) is 20.1. The first-order valence-electron chi connectivity index (χ1n) is 8.22. The Labute approximate surface area is 152 Å². The van der Waals surface area contributed by atoms with Gasteiger partial charge < -0.3 is 24.8 Å². The number of hydrogen-bond acceptors (Lipinski definition) is 5. The largest absolute Gasteiger partial charge is 0.382 e. The number of halogens is 2. The van der Waals surface area contributed by atoms with Crippen molar-refractivity contribution >= 4 is 17.5 Å². The first-order chi connectivity index (χ1) is 12.1. The highest BCUT2D eigenvalue weighted by Gasteiger charge is 2.27. The molecule has 6 nitrogen and oxygen atoms in total. The molecule has 1 aromatic rings. The number of methoxy groups -OCH3 is 1. The molecular formula is C17H24ClFN2O4. The van der Waals surface area contributed by atoms with Crippen LogP contribution in [0.1, 0.15) is 11.7 Å². The van der Waals surface area contributed by atoms with Crippen LogP contribution in [0.25, 0.3) is 0 Å². The van der Waals surface area contributed by atoms with Crippen molar-refractivity contribution in [1.29, 1.82) is 0 Å². The molecule has 8 heteroatoms. The van der Waals surface area contributed by atoms with E-state index in [9.17, 15) is 9.18 Å². The summed E-state index contributed by atoms with van der Waals surface area (Å²) in [6.45, 7) is 3.05. The van der Waals surface area contributed by atoms with E-state index in [0.29, 0.717) is 45.0 Å². The molecule has 2 atom stereocenters. The van der Waals surface area contributed by atoms with Crippen LogP contribution in [0.2, 0.25) is 5.02 Å². The van der Waals surface area contributed by atoms with Crippen LogP contribution in [0.5, 0.6) is 0 Å². The molecule has 0 bridgehead atoms. The normalized spacial score (nSPS) is 20.9. The van der Waals surface area contributed by atoms with Crippen LogP contribution in [0.3, 0.4) is 0 Å². The molecule has 1 fully saturated rings. The highest BCUT2D eigenvalue weighted by molar-refractivity contribution is 6.30. The summed E-state index contributed by atoms with van der Waals surface area (Å²) in [5, 5.41) is 6.18. The van der Waals surface area contributed by atoms with E-state index in [1.54, 1.807) is 13.2 Å². The van der Waals surface area contributed by atoms with Crippen molar-refractivity contribution in [1.82, 2.24) is 10.6 Å². The summed E-state index contributed by atoms with van der Waals surface area (Å²) >= 11 is 5.75. The molecule has 1 aliphatic heterocycles. The molecule has 0 aliphatic carbocycles. The smallest absolute Gasteiger partial charge is 0.246 e. The Bertz CT molecular complexity index is 561. The van der Waals surface area contributed by atoms with Crippen LogP contribution in [-0.4, -0.2) is 59.1 Å². The van der Waals surface area contributed by atoms with Crippen molar-refractivity contribution in [2.24, 2.45) is 5.92 Å². The van der Waals surface area contributed by atoms with Gasteiger partial charge >= 0.3 is 0 Å². The fourth-order valence-corrected chi connectivity index (χ4v) is 2.75. The number of carbonyl (C=O) groups excluding carboxylic acids is 1. The minimum Gasteiger partial charge on any atom is -0.382 e. The van der Waals surface area contributed by atoms with E-state index < -0.39 is 5.82 Å². The van der Waals surface area contributed by atoms with E-state index in [1.807, 2.05) is 0 Å². The number of ether oxygens (including phenoxy) is 3. The lowest BCUT2D eigenvalue weighted by Crippen LogP contribution is -2.38. The number of amides is 1. The van der Waals surface area contributed by atoms with Gasteiger partial charge in [0.25, 0.3) is 0 Å². The minimum atomic E-state index is -0.477. The van der Waals surface area contributed by atoms with Gasteiger partial charge in [0.05, 0.1) is 30.9 Å². The van der Waals surface area contributed by atoms with Gasteiger partial charge in [0.2, 0.25) is 5.91 Å². The highest BCUT2D eigenvalue weighted by Crippen LogP contribution is 2.29. The maximum Gasteiger partial charge on any atom is 0.246 e. The van der Waals surface area contributed by atoms with Crippen molar-refractivity contribution in [3.05, 3.63) is 34.6 Å². The monoisotopic (exact) mass is 374 g/mol. The van der Waals surface area contributed by atoms with Gasteiger partial charge in [-0.25, -0.2) is 4.39 Å². The molecule has 1 aliphatic rings. The lowest BCUT2D eigenvalue weighted by atomic mass is 9.95. The van der Waals surface area contributed by atoms with Crippen LogP contribution in [0, 0.1) is 11.7 Å². The molecule has 0 aromatic heterocycles. The molecule has 0 radical (unpaired) electrons.